The summed E-state index contributed by atoms with van der Waals surface area (Å²) in [4.78, 5) is 11.7. The lowest BCUT2D eigenvalue weighted by molar-refractivity contribution is -0.118. The number of rotatable bonds is 4. The van der Waals surface area contributed by atoms with Gasteiger partial charge in [0.1, 0.15) is 11.9 Å². The van der Waals surface area contributed by atoms with Crippen LogP contribution in [-0.2, 0) is 11.8 Å². The van der Waals surface area contributed by atoms with Crippen molar-refractivity contribution in [3.63, 3.8) is 0 Å². The molecule has 0 radical (unpaired) electrons. The van der Waals surface area contributed by atoms with Crippen LogP contribution in [0.5, 0.6) is 0 Å². The summed E-state index contributed by atoms with van der Waals surface area (Å²) in [6.45, 7) is 3.70. The second kappa shape index (κ2) is 5.32. The molecule has 0 spiro atoms. The highest BCUT2D eigenvalue weighted by atomic mass is 19.1. The van der Waals surface area contributed by atoms with Crippen molar-refractivity contribution in [2.45, 2.75) is 19.9 Å². The Morgan fingerprint density at radius 3 is 2.40 bits per heavy atom. The third-order valence-electron chi connectivity index (χ3n) is 3.29. The average Bonchev–Trinajstić information content (AvgIpc) is 2.63. The van der Waals surface area contributed by atoms with E-state index in [0.29, 0.717) is 5.69 Å². The van der Waals surface area contributed by atoms with E-state index in [9.17, 15) is 9.18 Å². The van der Waals surface area contributed by atoms with E-state index in [1.165, 1.54) is 12.1 Å². The number of primary amides is 1. The number of amides is 1. The molecular formula is C14H17FN4O. The van der Waals surface area contributed by atoms with E-state index >= 15 is 0 Å². The average molecular weight is 276 g/mol. The minimum atomic E-state index is -0.700. The maximum Gasteiger partial charge on any atom is 0.244 e. The SMILES string of the molecule is Cc1nn(C)c(C)c1C(Nc1ccc(F)cc1)C(N)=O. The highest BCUT2D eigenvalue weighted by Gasteiger charge is 2.24. The molecule has 0 aliphatic carbocycles. The largest absolute Gasteiger partial charge is 0.370 e. The van der Waals surface area contributed by atoms with Crippen LogP contribution in [0, 0.1) is 19.7 Å². The molecule has 0 bridgehead atoms. The van der Waals surface area contributed by atoms with Crippen LogP contribution in [-0.4, -0.2) is 15.7 Å². The minimum Gasteiger partial charge on any atom is -0.370 e. The number of aryl methyl sites for hydroxylation is 2. The van der Waals surface area contributed by atoms with Crippen molar-refractivity contribution in [1.29, 1.82) is 0 Å². The van der Waals surface area contributed by atoms with E-state index in [-0.39, 0.29) is 5.82 Å². The van der Waals surface area contributed by atoms with E-state index in [4.69, 9.17) is 5.73 Å². The Hall–Kier alpha value is -2.37. The summed E-state index contributed by atoms with van der Waals surface area (Å²) in [5.74, 6) is -0.839. The molecular weight excluding hydrogens is 259 g/mol. The summed E-state index contributed by atoms with van der Waals surface area (Å²) in [5, 5.41) is 7.30. The summed E-state index contributed by atoms with van der Waals surface area (Å²) >= 11 is 0. The van der Waals surface area contributed by atoms with Crippen molar-refractivity contribution < 1.29 is 9.18 Å². The highest BCUT2D eigenvalue weighted by Crippen LogP contribution is 2.25. The monoisotopic (exact) mass is 276 g/mol. The fraction of sp³-hybridized carbons (Fsp3) is 0.286. The molecule has 2 aromatic rings. The van der Waals surface area contributed by atoms with Crippen molar-refractivity contribution in [2.75, 3.05) is 5.32 Å². The smallest absolute Gasteiger partial charge is 0.244 e. The van der Waals surface area contributed by atoms with Crippen LogP contribution in [0.25, 0.3) is 0 Å². The quantitative estimate of drug-likeness (QED) is 0.894. The maximum absolute atomic E-state index is 12.9. The second-order valence-corrected chi connectivity index (χ2v) is 4.69. The summed E-state index contributed by atoms with van der Waals surface area (Å²) in [6.07, 6.45) is 0. The maximum atomic E-state index is 12.9. The molecule has 0 aliphatic heterocycles. The molecule has 3 N–H and O–H groups in total. The number of nitrogens with zero attached hydrogens (tertiary/aromatic N) is 2. The number of hydrogen-bond donors (Lipinski definition) is 2. The Morgan fingerprint density at radius 1 is 1.35 bits per heavy atom. The van der Waals surface area contributed by atoms with Crippen molar-refractivity contribution in [1.82, 2.24) is 9.78 Å². The highest BCUT2D eigenvalue weighted by molar-refractivity contribution is 5.85. The molecule has 1 atom stereocenters. The van der Waals surface area contributed by atoms with Crippen molar-refractivity contribution in [3.05, 3.63) is 47.0 Å². The van der Waals surface area contributed by atoms with Crippen LogP contribution in [0.2, 0.25) is 0 Å². The standard InChI is InChI=1S/C14H17FN4O/c1-8-12(9(2)19(3)18-8)13(14(16)20)17-11-6-4-10(15)5-7-11/h4-7,13,17H,1-3H3,(H2,16,20). The van der Waals surface area contributed by atoms with E-state index in [2.05, 4.69) is 10.4 Å². The van der Waals surface area contributed by atoms with Crippen LogP contribution in [0.4, 0.5) is 10.1 Å². The lowest BCUT2D eigenvalue weighted by Gasteiger charge is -2.17. The van der Waals surface area contributed by atoms with Gasteiger partial charge in [0.2, 0.25) is 5.91 Å². The van der Waals surface area contributed by atoms with Gasteiger partial charge in [-0.05, 0) is 38.1 Å². The first-order valence-corrected chi connectivity index (χ1v) is 6.21. The zero-order chi connectivity index (χ0) is 14.9. The van der Waals surface area contributed by atoms with E-state index in [1.54, 1.807) is 16.8 Å². The molecule has 1 unspecified atom stereocenters. The topological polar surface area (TPSA) is 72.9 Å². The molecule has 1 aromatic carbocycles. The molecule has 0 aliphatic rings. The fourth-order valence-electron chi connectivity index (χ4n) is 2.21. The lowest BCUT2D eigenvalue weighted by Crippen LogP contribution is -2.28. The normalized spacial score (nSPS) is 12.2. The molecule has 1 amide bonds. The van der Waals surface area contributed by atoms with Crippen molar-refractivity contribution in [2.24, 2.45) is 12.8 Å². The first kappa shape index (κ1) is 14.0. The minimum absolute atomic E-state index is 0.333. The van der Waals surface area contributed by atoms with E-state index in [0.717, 1.165) is 17.0 Å². The second-order valence-electron chi connectivity index (χ2n) is 4.69. The number of halogens is 1. The number of anilines is 1. The number of carbonyl (C=O) groups excluding carboxylic acids is 1. The molecule has 1 heterocycles. The third kappa shape index (κ3) is 2.64. The molecule has 20 heavy (non-hydrogen) atoms. The predicted octanol–water partition coefficient (Wildman–Crippen LogP) is 1.81. The van der Waals surface area contributed by atoms with Gasteiger partial charge in [-0.1, -0.05) is 0 Å². The molecule has 0 saturated carbocycles. The van der Waals surface area contributed by atoms with Gasteiger partial charge in [0.05, 0.1) is 5.69 Å². The summed E-state index contributed by atoms with van der Waals surface area (Å²) in [7, 11) is 1.81. The summed E-state index contributed by atoms with van der Waals surface area (Å²) in [5.41, 5.74) is 8.46. The fourth-order valence-corrected chi connectivity index (χ4v) is 2.21. The third-order valence-corrected chi connectivity index (χ3v) is 3.29. The van der Waals surface area contributed by atoms with Crippen molar-refractivity contribution >= 4 is 11.6 Å². The zero-order valence-electron chi connectivity index (χ0n) is 11.6. The van der Waals surface area contributed by atoms with Gasteiger partial charge in [0, 0.05) is 24.0 Å². The number of nitrogens with one attached hydrogen (secondary N) is 1. The Balaban J connectivity index is 2.37. The first-order chi connectivity index (χ1) is 9.40. The molecule has 6 heteroatoms. The van der Waals surface area contributed by atoms with Gasteiger partial charge < -0.3 is 11.1 Å². The summed E-state index contributed by atoms with van der Waals surface area (Å²) < 4.78 is 14.6. The van der Waals surface area contributed by atoms with Crippen LogP contribution in [0.3, 0.4) is 0 Å². The van der Waals surface area contributed by atoms with Gasteiger partial charge in [-0.2, -0.15) is 5.10 Å². The predicted molar refractivity (Wildman–Crippen MR) is 74.6 cm³/mol. The van der Waals surface area contributed by atoms with Gasteiger partial charge in [-0.3, -0.25) is 9.48 Å². The van der Waals surface area contributed by atoms with Crippen LogP contribution < -0.4 is 11.1 Å². The van der Waals surface area contributed by atoms with Crippen LogP contribution >= 0.6 is 0 Å². The zero-order valence-corrected chi connectivity index (χ0v) is 11.6. The van der Waals surface area contributed by atoms with Crippen molar-refractivity contribution in [3.8, 4) is 0 Å². The molecule has 1 aromatic heterocycles. The van der Waals surface area contributed by atoms with Crippen LogP contribution in [0.15, 0.2) is 24.3 Å². The van der Waals surface area contributed by atoms with E-state index in [1.807, 2.05) is 20.9 Å². The van der Waals surface area contributed by atoms with Gasteiger partial charge >= 0.3 is 0 Å². The number of carbonyl (C=O) groups is 1. The molecule has 106 valence electrons. The molecule has 5 nitrogen and oxygen atoms in total. The number of benzene rings is 1. The lowest BCUT2D eigenvalue weighted by atomic mass is 10.0. The number of hydrogen-bond acceptors (Lipinski definition) is 3. The Labute approximate surface area is 116 Å². The Bertz CT molecular complexity index is 633. The van der Waals surface area contributed by atoms with Gasteiger partial charge in [0.15, 0.2) is 0 Å². The first-order valence-electron chi connectivity index (χ1n) is 6.21. The van der Waals surface area contributed by atoms with Gasteiger partial charge in [-0.15, -0.1) is 0 Å². The van der Waals surface area contributed by atoms with Gasteiger partial charge in [-0.25, -0.2) is 4.39 Å². The number of nitrogens with two attached hydrogens (primary N) is 1. The molecule has 2 rings (SSSR count). The Kier molecular flexibility index (Phi) is 3.74. The van der Waals surface area contributed by atoms with Crippen LogP contribution in [0.1, 0.15) is 23.0 Å². The Morgan fingerprint density at radius 2 is 1.95 bits per heavy atom. The molecule has 0 fully saturated rings. The molecule has 0 saturated heterocycles. The number of aromatic nitrogens is 2. The van der Waals surface area contributed by atoms with Gasteiger partial charge in [0.25, 0.3) is 0 Å². The summed E-state index contributed by atoms with van der Waals surface area (Å²) in [6, 6.07) is 5.07. The van der Waals surface area contributed by atoms with E-state index < -0.39 is 11.9 Å².